The molecule has 2 aromatic carbocycles. The zero-order valence-electron chi connectivity index (χ0n) is 26.2. The summed E-state index contributed by atoms with van der Waals surface area (Å²) in [5, 5.41) is 3.22. The van der Waals surface area contributed by atoms with Crippen LogP contribution >= 0.6 is 0 Å². The number of carbonyl (C=O) groups is 1. The van der Waals surface area contributed by atoms with Gasteiger partial charge in [-0.2, -0.15) is 0 Å². The normalized spacial score (nSPS) is 14.8. The lowest BCUT2D eigenvalue weighted by Crippen LogP contribution is -2.39. The number of hydrogen-bond donors (Lipinski definition) is 1. The highest BCUT2D eigenvalue weighted by Crippen LogP contribution is 2.28. The first kappa shape index (κ1) is 33.4. The summed E-state index contributed by atoms with van der Waals surface area (Å²) in [5.74, 6) is -1.66. The molecule has 2 aliphatic rings. The van der Waals surface area contributed by atoms with Crippen LogP contribution in [0.4, 0.5) is 22.4 Å². The summed E-state index contributed by atoms with van der Waals surface area (Å²) in [5.41, 5.74) is 3.66. The van der Waals surface area contributed by atoms with Crippen LogP contribution in [0.5, 0.6) is 0 Å². The van der Waals surface area contributed by atoms with Crippen molar-refractivity contribution in [2.24, 2.45) is 0 Å². The minimum Gasteiger partial charge on any atom is -0.444 e. The topological polar surface area (TPSA) is 93.1 Å². The van der Waals surface area contributed by atoms with Crippen LogP contribution in [-0.2, 0) is 4.74 Å². The van der Waals surface area contributed by atoms with E-state index in [1.807, 2.05) is 32.9 Å². The largest absolute Gasteiger partial charge is 0.444 e. The molecule has 0 fully saturated rings. The van der Waals surface area contributed by atoms with Gasteiger partial charge >= 0.3 is 6.09 Å². The number of carbonyl (C=O) groups excluding carboxylic acids is 1. The summed E-state index contributed by atoms with van der Waals surface area (Å²) in [7, 11) is 0. The molecule has 0 saturated carbocycles. The van der Waals surface area contributed by atoms with Gasteiger partial charge in [-0.3, -0.25) is 0 Å². The van der Waals surface area contributed by atoms with Crippen molar-refractivity contribution in [3.8, 4) is 22.8 Å². The Bertz CT molecular complexity index is 1790. The molecule has 12 heteroatoms. The molecule has 0 radical (unpaired) electrons. The first-order valence-corrected chi connectivity index (χ1v) is 15.1. The van der Waals surface area contributed by atoms with E-state index in [2.05, 4.69) is 31.3 Å². The Labute approximate surface area is 270 Å². The van der Waals surface area contributed by atoms with Crippen molar-refractivity contribution >= 4 is 17.2 Å². The molecule has 2 aromatic heterocycles. The monoisotopic (exact) mass is 646 g/mol. The van der Waals surface area contributed by atoms with Crippen molar-refractivity contribution in [3.05, 3.63) is 108 Å². The SMILES string of the molecule is CC(C)(C)OC(=O)N1CC=C(c2ccc(-c3ncc(F)cn3)c(F)c2)CC1.Fc1cnc(-c2ccc(C3=CCNCC3)cc2F)nc1. The molecule has 8 nitrogen and oxygen atoms in total. The van der Waals surface area contributed by atoms with E-state index in [1.54, 1.807) is 23.1 Å². The molecule has 0 unspecified atom stereocenters. The molecule has 1 N–H and O–H groups in total. The van der Waals surface area contributed by atoms with Gasteiger partial charge in [0.25, 0.3) is 0 Å². The average molecular weight is 647 g/mol. The maximum absolute atomic E-state index is 14.5. The number of amides is 1. The Morgan fingerprint density at radius 1 is 0.766 bits per heavy atom. The fourth-order valence-corrected chi connectivity index (χ4v) is 5.00. The van der Waals surface area contributed by atoms with Gasteiger partial charge in [0, 0.05) is 19.6 Å². The van der Waals surface area contributed by atoms with Crippen molar-refractivity contribution in [1.82, 2.24) is 30.2 Å². The highest BCUT2D eigenvalue weighted by Gasteiger charge is 2.24. The van der Waals surface area contributed by atoms with Gasteiger partial charge in [-0.15, -0.1) is 0 Å². The molecule has 0 bridgehead atoms. The van der Waals surface area contributed by atoms with E-state index >= 15 is 0 Å². The first-order valence-electron chi connectivity index (χ1n) is 15.1. The van der Waals surface area contributed by atoms with Crippen molar-refractivity contribution in [1.29, 1.82) is 0 Å². The fraction of sp³-hybridized carbons (Fsp3) is 0.286. The second kappa shape index (κ2) is 14.6. The minimum absolute atomic E-state index is 0.133. The van der Waals surface area contributed by atoms with Gasteiger partial charge in [-0.05, 0) is 86.7 Å². The summed E-state index contributed by atoms with van der Waals surface area (Å²) >= 11 is 0. The maximum atomic E-state index is 14.5. The molecular formula is C35H34F4N6O2. The summed E-state index contributed by atoms with van der Waals surface area (Å²) in [6.07, 6.45) is 9.16. The number of rotatable bonds is 4. The van der Waals surface area contributed by atoms with Crippen LogP contribution in [0.3, 0.4) is 0 Å². The Hall–Kier alpha value is -4.97. The van der Waals surface area contributed by atoms with E-state index in [4.69, 9.17) is 4.74 Å². The summed E-state index contributed by atoms with van der Waals surface area (Å²) < 4.78 is 59.7. The van der Waals surface area contributed by atoms with Crippen LogP contribution < -0.4 is 5.32 Å². The van der Waals surface area contributed by atoms with Crippen molar-refractivity contribution in [2.75, 3.05) is 26.2 Å². The Morgan fingerprint density at radius 2 is 1.28 bits per heavy atom. The minimum atomic E-state index is -0.572. The van der Waals surface area contributed by atoms with E-state index in [0.29, 0.717) is 19.5 Å². The van der Waals surface area contributed by atoms with E-state index < -0.39 is 28.9 Å². The van der Waals surface area contributed by atoms with Crippen LogP contribution in [0.15, 0.2) is 73.3 Å². The Morgan fingerprint density at radius 3 is 1.68 bits per heavy atom. The lowest BCUT2D eigenvalue weighted by Gasteiger charge is -2.29. The Balaban J connectivity index is 0.000000193. The number of aromatic nitrogens is 4. The van der Waals surface area contributed by atoms with Crippen LogP contribution in [0, 0.1) is 23.3 Å². The predicted molar refractivity (Wildman–Crippen MR) is 171 cm³/mol. The average Bonchev–Trinajstić information content (AvgIpc) is 3.06. The van der Waals surface area contributed by atoms with Gasteiger partial charge in [0.2, 0.25) is 0 Å². The third kappa shape index (κ3) is 8.85. The summed E-state index contributed by atoms with van der Waals surface area (Å²) in [6.45, 7) is 8.10. The van der Waals surface area contributed by atoms with Gasteiger partial charge in [0.05, 0.1) is 35.9 Å². The van der Waals surface area contributed by atoms with E-state index in [0.717, 1.165) is 66.6 Å². The number of hydrogen-bond acceptors (Lipinski definition) is 7. The van der Waals surface area contributed by atoms with Gasteiger partial charge in [0.1, 0.15) is 17.2 Å². The van der Waals surface area contributed by atoms with Crippen LogP contribution in [0.25, 0.3) is 33.9 Å². The molecule has 4 heterocycles. The number of benzene rings is 2. The molecule has 0 atom stereocenters. The van der Waals surface area contributed by atoms with Crippen molar-refractivity contribution in [3.63, 3.8) is 0 Å². The highest BCUT2D eigenvalue weighted by atomic mass is 19.1. The van der Waals surface area contributed by atoms with Crippen LogP contribution in [0.2, 0.25) is 0 Å². The molecular weight excluding hydrogens is 612 g/mol. The van der Waals surface area contributed by atoms with E-state index in [1.165, 1.54) is 12.1 Å². The van der Waals surface area contributed by atoms with Gasteiger partial charge in [0.15, 0.2) is 23.3 Å². The number of halogens is 4. The first-order chi connectivity index (χ1) is 22.5. The molecule has 4 aromatic rings. The second-order valence-corrected chi connectivity index (χ2v) is 11.9. The van der Waals surface area contributed by atoms with Gasteiger partial charge < -0.3 is 15.0 Å². The van der Waals surface area contributed by atoms with Crippen LogP contribution in [0.1, 0.15) is 44.7 Å². The Kier molecular flexibility index (Phi) is 10.4. The summed E-state index contributed by atoms with van der Waals surface area (Å²) in [6, 6.07) is 9.75. The van der Waals surface area contributed by atoms with Crippen molar-refractivity contribution in [2.45, 2.75) is 39.2 Å². The summed E-state index contributed by atoms with van der Waals surface area (Å²) in [4.78, 5) is 29.0. The molecule has 244 valence electrons. The molecule has 2 aliphatic heterocycles. The van der Waals surface area contributed by atoms with Gasteiger partial charge in [-0.1, -0.05) is 24.3 Å². The number of nitrogens with zero attached hydrogens (tertiary/aromatic N) is 5. The fourth-order valence-electron chi connectivity index (χ4n) is 5.00. The predicted octanol–water partition coefficient (Wildman–Crippen LogP) is 7.24. The molecule has 47 heavy (non-hydrogen) atoms. The third-order valence-electron chi connectivity index (χ3n) is 7.33. The molecule has 0 saturated heterocycles. The molecule has 1 amide bonds. The smallest absolute Gasteiger partial charge is 0.410 e. The molecule has 0 spiro atoms. The lowest BCUT2D eigenvalue weighted by molar-refractivity contribution is 0.0270. The standard InChI is InChI=1S/C20H21F2N3O2.C15H13F2N3/c1-20(2,3)27-19(26)25-8-6-13(7-9-25)14-4-5-16(17(22)10-14)18-23-11-15(21)12-24-18;16-12-8-19-15(20-9-12)13-2-1-11(7-14(13)17)10-3-5-18-6-4-10/h4-6,10-12H,7-9H2,1-3H3;1-3,7-9,18H,4-6H2. The maximum Gasteiger partial charge on any atom is 0.410 e. The van der Waals surface area contributed by atoms with Crippen molar-refractivity contribution < 1.29 is 27.1 Å². The molecule has 0 aliphatic carbocycles. The van der Waals surface area contributed by atoms with Gasteiger partial charge in [-0.25, -0.2) is 42.3 Å². The highest BCUT2D eigenvalue weighted by molar-refractivity contribution is 5.74. The molecule has 6 rings (SSSR count). The number of nitrogens with one attached hydrogen (secondary N) is 1. The van der Waals surface area contributed by atoms with E-state index in [9.17, 15) is 22.4 Å². The lowest BCUT2D eigenvalue weighted by atomic mass is 9.98. The third-order valence-corrected chi connectivity index (χ3v) is 7.33. The zero-order valence-corrected chi connectivity index (χ0v) is 26.2. The van der Waals surface area contributed by atoms with Crippen LogP contribution in [-0.4, -0.2) is 62.7 Å². The number of ether oxygens (including phenoxy) is 1. The zero-order chi connectivity index (χ0) is 33.6. The quantitative estimate of drug-likeness (QED) is 0.234. The van der Waals surface area contributed by atoms with E-state index in [-0.39, 0.29) is 28.9 Å². The second-order valence-electron chi connectivity index (χ2n) is 11.9.